The number of nitriles is 1. The van der Waals surface area contributed by atoms with Crippen LogP contribution in [-0.4, -0.2) is 6.71 Å². The Morgan fingerprint density at radius 1 is 0.356 bits per heavy atom. The van der Waals surface area contributed by atoms with E-state index in [1.54, 1.807) is 0 Å². The smallest absolute Gasteiger partial charge is 0.252 e. The molecule has 4 heteroatoms. The van der Waals surface area contributed by atoms with Gasteiger partial charge in [0.25, 0.3) is 6.71 Å². The molecule has 0 amide bonds. The van der Waals surface area contributed by atoms with E-state index in [0.717, 1.165) is 45.1 Å². The van der Waals surface area contributed by atoms with Crippen LogP contribution in [0.5, 0.6) is 0 Å². The van der Waals surface area contributed by atoms with Gasteiger partial charge in [-0.2, -0.15) is 5.26 Å². The van der Waals surface area contributed by atoms with Crippen molar-refractivity contribution >= 4 is 57.2 Å². The van der Waals surface area contributed by atoms with Crippen LogP contribution in [0, 0.1) is 11.3 Å². The normalized spacial score (nSPS) is 12.3. The van der Waals surface area contributed by atoms with Crippen molar-refractivity contribution in [2.45, 2.75) is 0 Å². The highest BCUT2D eigenvalue weighted by Gasteiger charge is 2.43. The van der Waals surface area contributed by atoms with E-state index in [2.05, 4.69) is 222 Å². The van der Waals surface area contributed by atoms with Crippen LogP contribution in [0.25, 0.3) is 44.5 Å². The van der Waals surface area contributed by atoms with Crippen molar-refractivity contribution in [3.05, 3.63) is 224 Å². The van der Waals surface area contributed by atoms with Gasteiger partial charge in [0.05, 0.1) is 11.6 Å². The summed E-state index contributed by atoms with van der Waals surface area (Å²) in [7, 11) is 0. The van der Waals surface area contributed by atoms with Gasteiger partial charge in [-0.1, -0.05) is 158 Å². The van der Waals surface area contributed by atoms with E-state index < -0.39 is 0 Å². The fourth-order valence-corrected chi connectivity index (χ4v) is 9.30. The fraction of sp³-hybridized carbons (Fsp3) is 0. The Morgan fingerprint density at radius 2 is 0.847 bits per heavy atom. The van der Waals surface area contributed by atoms with Crippen LogP contribution in [0.15, 0.2) is 218 Å². The summed E-state index contributed by atoms with van der Waals surface area (Å²) in [5.41, 5.74) is 20.5. The van der Waals surface area contributed by atoms with Crippen LogP contribution < -0.4 is 26.2 Å². The van der Waals surface area contributed by atoms with Crippen molar-refractivity contribution in [2.75, 3.05) is 9.80 Å². The van der Waals surface area contributed by atoms with Crippen LogP contribution in [-0.2, 0) is 0 Å². The van der Waals surface area contributed by atoms with E-state index in [0.29, 0.717) is 5.56 Å². The monoisotopic (exact) mass is 749 g/mol. The topological polar surface area (TPSA) is 30.3 Å². The molecular formula is C55H36BN3. The predicted octanol–water partition coefficient (Wildman–Crippen LogP) is 12.3. The number of benzene rings is 9. The molecule has 0 bridgehead atoms. The van der Waals surface area contributed by atoms with Crippen molar-refractivity contribution < 1.29 is 0 Å². The molecule has 0 spiro atoms. The molecule has 59 heavy (non-hydrogen) atoms. The van der Waals surface area contributed by atoms with E-state index in [-0.39, 0.29) is 6.71 Å². The molecule has 0 radical (unpaired) electrons. The molecule has 0 N–H and O–H groups in total. The van der Waals surface area contributed by atoms with E-state index in [9.17, 15) is 5.26 Å². The van der Waals surface area contributed by atoms with E-state index >= 15 is 0 Å². The van der Waals surface area contributed by atoms with E-state index in [1.807, 2.05) is 12.1 Å². The Bertz CT molecular complexity index is 2970. The van der Waals surface area contributed by atoms with Gasteiger partial charge in [0.2, 0.25) is 0 Å². The number of hydrogen-bond donors (Lipinski definition) is 0. The minimum Gasteiger partial charge on any atom is -0.311 e. The maximum atomic E-state index is 9.56. The molecule has 0 unspecified atom stereocenters. The lowest BCUT2D eigenvalue weighted by Crippen LogP contribution is -2.61. The lowest BCUT2D eigenvalue weighted by atomic mass is 9.33. The van der Waals surface area contributed by atoms with Gasteiger partial charge in [-0.25, -0.2) is 0 Å². The molecule has 2 heterocycles. The second-order valence-electron chi connectivity index (χ2n) is 15.2. The van der Waals surface area contributed by atoms with Crippen molar-refractivity contribution in [1.29, 1.82) is 5.26 Å². The van der Waals surface area contributed by atoms with Crippen molar-refractivity contribution in [2.24, 2.45) is 0 Å². The Balaban J connectivity index is 1.26. The second kappa shape index (κ2) is 14.3. The third-order valence-electron chi connectivity index (χ3n) is 11.9. The molecule has 0 saturated carbocycles. The van der Waals surface area contributed by atoms with Gasteiger partial charge in [0.1, 0.15) is 0 Å². The molecule has 0 fully saturated rings. The average Bonchev–Trinajstić information content (AvgIpc) is 3.32. The van der Waals surface area contributed by atoms with Gasteiger partial charge in [-0.15, -0.1) is 0 Å². The number of anilines is 6. The molecular weight excluding hydrogens is 713 g/mol. The first kappa shape index (κ1) is 34.4. The Kier molecular flexibility index (Phi) is 8.31. The van der Waals surface area contributed by atoms with Gasteiger partial charge >= 0.3 is 0 Å². The minimum absolute atomic E-state index is 0.0449. The molecule has 9 aromatic carbocycles. The van der Waals surface area contributed by atoms with Crippen molar-refractivity contribution in [1.82, 2.24) is 0 Å². The summed E-state index contributed by atoms with van der Waals surface area (Å²) in [4.78, 5) is 4.95. The zero-order valence-corrected chi connectivity index (χ0v) is 32.2. The summed E-state index contributed by atoms with van der Waals surface area (Å²) in [6, 6.07) is 80.8. The van der Waals surface area contributed by atoms with Crippen LogP contribution in [0.1, 0.15) is 5.56 Å². The maximum absolute atomic E-state index is 9.56. The summed E-state index contributed by atoms with van der Waals surface area (Å²) in [5, 5.41) is 9.56. The van der Waals surface area contributed by atoms with E-state index in [1.165, 1.54) is 49.9 Å². The number of hydrogen-bond acceptors (Lipinski definition) is 3. The zero-order chi connectivity index (χ0) is 39.3. The molecule has 0 aliphatic carbocycles. The molecule has 0 atom stereocenters. The fourth-order valence-electron chi connectivity index (χ4n) is 9.30. The highest BCUT2D eigenvalue weighted by Crippen LogP contribution is 2.49. The molecule has 11 rings (SSSR count). The predicted molar refractivity (Wildman–Crippen MR) is 247 cm³/mol. The van der Waals surface area contributed by atoms with E-state index in [4.69, 9.17) is 0 Å². The first-order valence-corrected chi connectivity index (χ1v) is 20.1. The first-order valence-electron chi connectivity index (χ1n) is 20.1. The molecule has 0 aromatic heterocycles. The van der Waals surface area contributed by atoms with Crippen LogP contribution in [0.2, 0.25) is 0 Å². The summed E-state index contributed by atoms with van der Waals surface area (Å²) in [5.74, 6) is 0. The molecule has 274 valence electrons. The van der Waals surface area contributed by atoms with Gasteiger partial charge in [0.15, 0.2) is 0 Å². The third kappa shape index (κ3) is 5.75. The standard InChI is InChI=1S/C55H36BN3/c57-37-38-28-30-39(31-29-38)42-32-33-51-49(34-42)56-48-26-13-14-27-50(48)58(44-20-9-3-10-21-44)52-35-43(36-53(55(52)56)59(51)45-22-11-4-12-23-45)54-46(40-16-5-1-6-17-40)24-15-25-47(54)41-18-7-2-8-19-41/h1-36H. The van der Waals surface area contributed by atoms with Gasteiger partial charge in [0, 0.05) is 34.1 Å². The summed E-state index contributed by atoms with van der Waals surface area (Å²) < 4.78 is 0. The lowest BCUT2D eigenvalue weighted by molar-refractivity contribution is 1.25. The number of fused-ring (bicyclic) bond motifs is 4. The molecule has 9 aromatic rings. The highest BCUT2D eigenvalue weighted by molar-refractivity contribution is 7.00. The Labute approximate surface area is 345 Å². The highest BCUT2D eigenvalue weighted by atomic mass is 15.2. The third-order valence-corrected chi connectivity index (χ3v) is 11.9. The summed E-state index contributed by atoms with van der Waals surface area (Å²) in [6.45, 7) is -0.0449. The zero-order valence-electron chi connectivity index (χ0n) is 32.2. The maximum Gasteiger partial charge on any atom is 0.252 e. The quantitative estimate of drug-likeness (QED) is 0.159. The largest absolute Gasteiger partial charge is 0.311 e. The number of para-hydroxylation sites is 3. The van der Waals surface area contributed by atoms with Crippen molar-refractivity contribution in [3.8, 4) is 50.6 Å². The lowest BCUT2D eigenvalue weighted by Gasteiger charge is -2.44. The Morgan fingerprint density at radius 3 is 1.41 bits per heavy atom. The average molecular weight is 750 g/mol. The molecule has 0 saturated heterocycles. The first-order chi connectivity index (χ1) is 29.2. The van der Waals surface area contributed by atoms with Gasteiger partial charge < -0.3 is 9.80 Å². The summed E-state index contributed by atoms with van der Waals surface area (Å²) >= 11 is 0. The minimum atomic E-state index is -0.0449. The van der Waals surface area contributed by atoms with Crippen molar-refractivity contribution in [3.63, 3.8) is 0 Å². The van der Waals surface area contributed by atoms with Crippen LogP contribution >= 0.6 is 0 Å². The number of rotatable bonds is 6. The van der Waals surface area contributed by atoms with Gasteiger partial charge in [-0.3, -0.25) is 0 Å². The van der Waals surface area contributed by atoms with Crippen LogP contribution in [0.4, 0.5) is 34.1 Å². The second-order valence-corrected chi connectivity index (χ2v) is 15.2. The molecule has 2 aliphatic rings. The molecule has 3 nitrogen and oxygen atoms in total. The molecule has 2 aliphatic heterocycles. The SMILES string of the molecule is N#Cc1ccc(-c2ccc3c(c2)B2c4ccccc4N(c4ccccc4)c4cc(-c5c(-c6ccccc6)cccc5-c5ccccc5)cc(c42)N3c2ccccc2)cc1. The van der Waals surface area contributed by atoms with Crippen LogP contribution in [0.3, 0.4) is 0 Å². The number of nitrogens with zero attached hydrogens (tertiary/aromatic N) is 3. The van der Waals surface area contributed by atoms with Gasteiger partial charge in [-0.05, 0) is 122 Å². The Hall–Kier alpha value is -7.87. The summed E-state index contributed by atoms with van der Waals surface area (Å²) in [6.07, 6.45) is 0.